The Bertz CT molecular complexity index is 664. The van der Waals surface area contributed by atoms with Gasteiger partial charge >= 0.3 is 47.6 Å². The lowest BCUT2D eigenvalue weighted by Crippen LogP contribution is -2.74. The number of hydrogen-bond acceptors (Lipinski definition) is 1. The highest BCUT2D eigenvalue weighted by atomic mass is 28.3. The first-order valence-electron chi connectivity index (χ1n) is 8.16. The van der Waals surface area contributed by atoms with Crippen molar-refractivity contribution in [3.8, 4) is 0 Å². The van der Waals surface area contributed by atoms with E-state index in [2.05, 4.69) is 4.43 Å². The lowest BCUT2D eigenvalue weighted by molar-refractivity contribution is -0.461. The van der Waals surface area contributed by atoms with Gasteiger partial charge in [-0.15, -0.1) is 0 Å². The van der Waals surface area contributed by atoms with Gasteiger partial charge in [-0.05, 0) is 12.5 Å². The fourth-order valence-electron chi connectivity index (χ4n) is 2.58. The van der Waals surface area contributed by atoms with Crippen LogP contribution in [-0.2, 0) is 4.43 Å². The van der Waals surface area contributed by atoms with Crippen LogP contribution in [0.2, 0.25) is 12.1 Å². The first-order valence-corrected chi connectivity index (χ1v) is 10.3. The molecule has 1 heterocycles. The van der Waals surface area contributed by atoms with Gasteiger partial charge in [0, 0.05) is 12.7 Å². The molecule has 0 aliphatic carbocycles. The highest BCUT2D eigenvalue weighted by molar-refractivity contribution is 6.52. The van der Waals surface area contributed by atoms with Crippen molar-refractivity contribution in [2.45, 2.75) is 72.6 Å². The van der Waals surface area contributed by atoms with Crippen molar-refractivity contribution in [2.24, 2.45) is 0 Å². The standard InChI is InChI=1S/C13H11F17OSi/c14-6(15,5-32-4-2-1-3-31-32)7(16,17)8(18,19)9(20,21)10(22,23)11(24,25)12(26,27)13(28,29)30/h32H,1-5H2. The summed E-state index contributed by atoms with van der Waals surface area (Å²) in [5.41, 5.74) is 0. The molecule has 1 unspecified atom stereocenters. The molecule has 19 heteroatoms. The van der Waals surface area contributed by atoms with Crippen LogP contribution in [0.15, 0.2) is 0 Å². The number of halogens is 17. The van der Waals surface area contributed by atoms with E-state index < -0.39 is 62.7 Å². The zero-order valence-electron chi connectivity index (χ0n) is 14.9. The molecule has 0 spiro atoms. The molecule has 0 aromatic heterocycles. The Morgan fingerprint density at radius 1 is 0.500 bits per heavy atom. The van der Waals surface area contributed by atoms with Crippen LogP contribution in [0.3, 0.4) is 0 Å². The summed E-state index contributed by atoms with van der Waals surface area (Å²) >= 11 is 0. The van der Waals surface area contributed by atoms with Crippen LogP contribution in [0.5, 0.6) is 0 Å². The van der Waals surface area contributed by atoms with Gasteiger partial charge in [0.2, 0.25) is 0 Å². The van der Waals surface area contributed by atoms with Crippen molar-refractivity contribution in [3.05, 3.63) is 0 Å². The molecule has 0 bridgehead atoms. The molecule has 1 saturated heterocycles. The van der Waals surface area contributed by atoms with Crippen LogP contribution < -0.4 is 0 Å². The molecule has 0 aromatic rings. The summed E-state index contributed by atoms with van der Waals surface area (Å²) in [5.74, 6) is -55.8. The maximum atomic E-state index is 13.8. The highest BCUT2D eigenvalue weighted by Gasteiger charge is 2.95. The minimum atomic E-state index is -8.58. The van der Waals surface area contributed by atoms with Gasteiger partial charge in [-0.3, -0.25) is 0 Å². The molecule has 192 valence electrons. The normalized spacial score (nSPS) is 21.1. The van der Waals surface area contributed by atoms with Gasteiger partial charge in [-0.2, -0.15) is 74.6 Å². The minimum Gasteiger partial charge on any atom is -0.420 e. The average Bonchev–Trinajstić information content (AvgIpc) is 2.60. The van der Waals surface area contributed by atoms with E-state index in [0.717, 1.165) is 0 Å². The molecule has 1 rings (SSSR count). The van der Waals surface area contributed by atoms with Crippen LogP contribution >= 0.6 is 0 Å². The Morgan fingerprint density at radius 3 is 1.22 bits per heavy atom. The Labute approximate surface area is 168 Å². The zero-order chi connectivity index (χ0) is 25.8. The first kappa shape index (κ1) is 29.0. The van der Waals surface area contributed by atoms with E-state index in [1.165, 1.54) is 0 Å². The quantitative estimate of drug-likeness (QED) is 0.254. The molecule has 0 radical (unpaired) electrons. The van der Waals surface area contributed by atoms with Gasteiger partial charge in [0.1, 0.15) is 0 Å². The van der Waals surface area contributed by atoms with Crippen molar-refractivity contribution >= 4 is 9.04 Å². The predicted octanol–water partition coefficient (Wildman–Crippen LogP) is 6.53. The summed E-state index contributed by atoms with van der Waals surface area (Å²) in [4.78, 5) is 0. The van der Waals surface area contributed by atoms with Crippen LogP contribution in [-0.4, -0.2) is 63.3 Å². The van der Waals surface area contributed by atoms with Crippen LogP contribution in [0.1, 0.15) is 12.8 Å². The van der Waals surface area contributed by atoms with E-state index in [1.807, 2.05) is 0 Å². The smallest absolute Gasteiger partial charge is 0.420 e. The summed E-state index contributed by atoms with van der Waals surface area (Å²) in [6.07, 6.45) is -7.47. The second-order valence-corrected chi connectivity index (χ2v) is 9.40. The van der Waals surface area contributed by atoms with Crippen molar-refractivity contribution in [3.63, 3.8) is 0 Å². The van der Waals surface area contributed by atoms with Crippen LogP contribution in [0, 0.1) is 0 Å². The second-order valence-electron chi connectivity index (χ2n) is 6.84. The van der Waals surface area contributed by atoms with Crippen molar-refractivity contribution in [1.29, 1.82) is 0 Å². The molecular weight excluding hydrogens is 523 g/mol. The number of hydrogen-bond donors (Lipinski definition) is 0. The second kappa shape index (κ2) is 8.04. The molecule has 1 aliphatic heterocycles. The molecule has 1 aliphatic rings. The fourth-order valence-corrected chi connectivity index (χ4v) is 5.14. The molecular formula is C13H11F17OSi. The topological polar surface area (TPSA) is 9.23 Å². The van der Waals surface area contributed by atoms with Crippen molar-refractivity contribution in [1.82, 2.24) is 0 Å². The summed E-state index contributed by atoms with van der Waals surface area (Å²) < 4.78 is 228. The Kier molecular flexibility index (Phi) is 7.29. The van der Waals surface area contributed by atoms with E-state index in [1.54, 1.807) is 0 Å². The van der Waals surface area contributed by atoms with Crippen molar-refractivity contribution < 1.29 is 79.1 Å². The largest absolute Gasteiger partial charge is 0.460 e. The first-order chi connectivity index (χ1) is 13.8. The summed E-state index contributed by atoms with van der Waals surface area (Å²) in [6.45, 7) is -0.318. The number of rotatable bonds is 8. The molecule has 32 heavy (non-hydrogen) atoms. The molecule has 1 nitrogen and oxygen atoms in total. The monoisotopic (exact) mass is 534 g/mol. The summed E-state index contributed by atoms with van der Waals surface area (Å²) in [5, 5.41) is 0. The van der Waals surface area contributed by atoms with Gasteiger partial charge in [0.15, 0.2) is 9.04 Å². The highest BCUT2D eigenvalue weighted by Crippen LogP contribution is 2.64. The fraction of sp³-hybridized carbons (Fsp3) is 1.00. The molecule has 1 atom stereocenters. The molecule has 0 N–H and O–H groups in total. The van der Waals surface area contributed by atoms with Crippen LogP contribution in [0.25, 0.3) is 0 Å². The maximum Gasteiger partial charge on any atom is 0.460 e. The van der Waals surface area contributed by atoms with Gasteiger partial charge in [0.05, 0.1) is 0 Å². The summed E-state index contributed by atoms with van der Waals surface area (Å²) in [7, 11) is -3.52. The van der Waals surface area contributed by atoms with Gasteiger partial charge in [-0.1, -0.05) is 6.42 Å². The SMILES string of the molecule is FC(F)(F)C(F)(F)C(F)(F)C(F)(F)C(F)(F)C(F)(F)C(F)(F)C(F)(F)C[SiH]1CCCCO1. The molecule has 0 aromatic carbocycles. The van der Waals surface area contributed by atoms with Gasteiger partial charge < -0.3 is 4.43 Å². The minimum absolute atomic E-state index is 0.0575. The third-order valence-corrected chi connectivity index (χ3v) is 7.27. The van der Waals surface area contributed by atoms with Crippen molar-refractivity contribution in [2.75, 3.05) is 6.61 Å². The lowest BCUT2D eigenvalue weighted by atomic mass is 9.89. The maximum absolute atomic E-state index is 13.8. The van der Waals surface area contributed by atoms with E-state index in [0.29, 0.717) is 0 Å². The molecule has 0 saturated carbocycles. The number of alkyl halides is 17. The van der Waals surface area contributed by atoms with E-state index in [-0.39, 0.29) is 25.5 Å². The Morgan fingerprint density at radius 2 is 0.875 bits per heavy atom. The van der Waals surface area contributed by atoms with E-state index in [4.69, 9.17) is 0 Å². The lowest BCUT2D eigenvalue weighted by Gasteiger charge is -2.43. The Balaban J connectivity index is 3.47. The summed E-state index contributed by atoms with van der Waals surface area (Å²) in [6, 6.07) is -2.74. The van der Waals surface area contributed by atoms with Crippen LogP contribution in [0.4, 0.5) is 74.6 Å². The Hall–Kier alpha value is -1.01. The average molecular weight is 534 g/mol. The predicted molar refractivity (Wildman–Crippen MR) is 72.6 cm³/mol. The zero-order valence-corrected chi connectivity index (χ0v) is 16.1. The van der Waals surface area contributed by atoms with E-state index in [9.17, 15) is 74.6 Å². The molecule has 0 amide bonds. The third kappa shape index (κ3) is 4.04. The molecule has 1 fully saturated rings. The van der Waals surface area contributed by atoms with Gasteiger partial charge in [-0.25, -0.2) is 0 Å². The van der Waals surface area contributed by atoms with E-state index >= 15 is 0 Å². The third-order valence-electron chi connectivity index (χ3n) is 4.55. The van der Waals surface area contributed by atoms with Gasteiger partial charge in [0.25, 0.3) is 0 Å².